The molecule has 21 heavy (non-hydrogen) atoms. The molecule has 0 bridgehead atoms. The van der Waals surface area contributed by atoms with Crippen molar-refractivity contribution < 1.29 is 8.42 Å². The average molecular weight is 302 g/mol. The van der Waals surface area contributed by atoms with E-state index < -0.39 is 10.0 Å². The molecule has 0 aliphatic carbocycles. The van der Waals surface area contributed by atoms with Gasteiger partial charge < -0.3 is 0 Å². The minimum Gasteiger partial charge on any atom is -0.296 e. The number of rotatable bonds is 5. The molecule has 0 amide bonds. The molecule has 5 heteroatoms. The molecule has 2 aromatic rings. The lowest BCUT2D eigenvalue weighted by Crippen LogP contribution is -2.58. The fourth-order valence-electron chi connectivity index (χ4n) is 2.50. The molecule has 1 fully saturated rings. The molecule has 1 saturated heterocycles. The summed E-state index contributed by atoms with van der Waals surface area (Å²) in [7, 11) is -3.39. The van der Waals surface area contributed by atoms with Crippen LogP contribution in [0.25, 0.3) is 0 Å². The van der Waals surface area contributed by atoms with Gasteiger partial charge in [-0.3, -0.25) is 4.90 Å². The van der Waals surface area contributed by atoms with Gasteiger partial charge in [-0.15, -0.1) is 0 Å². The zero-order valence-electron chi connectivity index (χ0n) is 11.6. The number of likely N-dealkylation sites (tertiary alicyclic amines) is 1. The molecule has 0 aromatic heterocycles. The first-order chi connectivity index (χ1) is 10.1. The van der Waals surface area contributed by atoms with Gasteiger partial charge in [-0.1, -0.05) is 48.5 Å². The van der Waals surface area contributed by atoms with E-state index in [1.54, 1.807) is 24.3 Å². The summed E-state index contributed by atoms with van der Waals surface area (Å²) in [6, 6.07) is 18.7. The Morgan fingerprint density at radius 1 is 0.952 bits per heavy atom. The summed E-state index contributed by atoms with van der Waals surface area (Å²) in [5, 5.41) is 0. The number of hydrogen-bond acceptors (Lipinski definition) is 3. The molecule has 1 N–H and O–H groups in total. The fourth-order valence-corrected chi connectivity index (χ4v) is 3.74. The maximum atomic E-state index is 12.2. The summed E-state index contributed by atoms with van der Waals surface area (Å²) in [5.41, 5.74) is 1.25. The second kappa shape index (κ2) is 5.97. The third-order valence-corrected chi connectivity index (χ3v) is 5.12. The zero-order valence-corrected chi connectivity index (χ0v) is 12.5. The van der Waals surface area contributed by atoms with E-state index in [2.05, 4.69) is 21.8 Å². The molecule has 0 saturated carbocycles. The normalized spacial score (nSPS) is 16.6. The van der Waals surface area contributed by atoms with Crippen molar-refractivity contribution in [1.82, 2.24) is 9.62 Å². The Labute approximate surface area is 125 Å². The molecule has 110 valence electrons. The van der Waals surface area contributed by atoms with E-state index >= 15 is 0 Å². The Morgan fingerprint density at radius 3 is 2.14 bits per heavy atom. The minimum atomic E-state index is -3.39. The third kappa shape index (κ3) is 3.50. The van der Waals surface area contributed by atoms with Crippen LogP contribution in [0.2, 0.25) is 0 Å². The smallest absolute Gasteiger partial charge is 0.240 e. The maximum absolute atomic E-state index is 12.2. The Balaban J connectivity index is 1.53. The molecular weight excluding hydrogens is 284 g/mol. The predicted molar refractivity (Wildman–Crippen MR) is 82.3 cm³/mol. The van der Waals surface area contributed by atoms with Crippen LogP contribution < -0.4 is 4.72 Å². The van der Waals surface area contributed by atoms with Gasteiger partial charge in [0.2, 0.25) is 10.0 Å². The summed E-state index contributed by atoms with van der Waals surface area (Å²) < 4.78 is 27.1. The van der Waals surface area contributed by atoms with Crippen molar-refractivity contribution in [2.45, 2.75) is 17.5 Å². The number of sulfonamides is 1. The van der Waals surface area contributed by atoms with E-state index in [4.69, 9.17) is 0 Å². The maximum Gasteiger partial charge on any atom is 0.240 e. The van der Waals surface area contributed by atoms with Crippen LogP contribution in [0.1, 0.15) is 5.56 Å². The molecular formula is C16H18N2O2S. The summed E-state index contributed by atoms with van der Waals surface area (Å²) in [6.07, 6.45) is 0. The molecule has 3 rings (SSSR count). The van der Waals surface area contributed by atoms with Gasteiger partial charge in [0, 0.05) is 25.7 Å². The van der Waals surface area contributed by atoms with Gasteiger partial charge in [-0.2, -0.15) is 0 Å². The molecule has 2 aromatic carbocycles. The Bertz CT molecular complexity index is 681. The standard InChI is InChI=1S/C16H18N2O2S/c19-21(20,16-9-5-2-6-10-16)17-15-12-18(13-15)11-14-7-3-1-4-8-14/h1-10,15,17H,11-13H2. The number of nitrogens with one attached hydrogen (secondary N) is 1. The second-order valence-corrected chi connectivity index (χ2v) is 7.02. The van der Waals surface area contributed by atoms with Crippen LogP contribution in [0.3, 0.4) is 0 Å². The summed E-state index contributed by atoms with van der Waals surface area (Å²) in [5.74, 6) is 0. The number of benzene rings is 2. The quantitative estimate of drug-likeness (QED) is 0.917. The van der Waals surface area contributed by atoms with Crippen LogP contribution in [0.5, 0.6) is 0 Å². The zero-order chi connectivity index (χ0) is 14.7. The fraction of sp³-hybridized carbons (Fsp3) is 0.250. The largest absolute Gasteiger partial charge is 0.296 e. The molecule has 1 heterocycles. The van der Waals surface area contributed by atoms with E-state index in [1.165, 1.54) is 5.56 Å². The van der Waals surface area contributed by atoms with E-state index in [0.29, 0.717) is 4.90 Å². The third-order valence-electron chi connectivity index (χ3n) is 3.58. The van der Waals surface area contributed by atoms with Crippen molar-refractivity contribution in [3.8, 4) is 0 Å². The first kappa shape index (κ1) is 14.3. The highest BCUT2D eigenvalue weighted by Gasteiger charge is 2.30. The Morgan fingerprint density at radius 2 is 1.52 bits per heavy atom. The molecule has 0 spiro atoms. The lowest BCUT2D eigenvalue weighted by molar-refractivity contribution is 0.132. The number of hydrogen-bond donors (Lipinski definition) is 1. The van der Waals surface area contributed by atoms with Crippen molar-refractivity contribution in [1.29, 1.82) is 0 Å². The highest BCUT2D eigenvalue weighted by atomic mass is 32.2. The summed E-state index contributed by atoms with van der Waals surface area (Å²) in [6.45, 7) is 2.37. The van der Waals surface area contributed by atoms with Gasteiger partial charge in [0.05, 0.1) is 4.90 Å². The molecule has 0 atom stereocenters. The van der Waals surface area contributed by atoms with Crippen molar-refractivity contribution in [2.24, 2.45) is 0 Å². The SMILES string of the molecule is O=S(=O)(NC1CN(Cc2ccccc2)C1)c1ccccc1. The van der Waals surface area contributed by atoms with Gasteiger partial charge in [-0.05, 0) is 17.7 Å². The molecule has 1 aliphatic heterocycles. The molecule has 4 nitrogen and oxygen atoms in total. The molecule has 1 aliphatic rings. The lowest BCUT2D eigenvalue weighted by atomic mass is 10.1. The van der Waals surface area contributed by atoms with Crippen LogP contribution in [0.4, 0.5) is 0 Å². The lowest BCUT2D eigenvalue weighted by Gasteiger charge is -2.39. The first-order valence-corrected chi connectivity index (χ1v) is 8.45. The highest BCUT2D eigenvalue weighted by molar-refractivity contribution is 7.89. The monoisotopic (exact) mass is 302 g/mol. The van der Waals surface area contributed by atoms with Crippen LogP contribution in [-0.2, 0) is 16.6 Å². The average Bonchev–Trinajstić information content (AvgIpc) is 2.47. The van der Waals surface area contributed by atoms with Crippen molar-refractivity contribution in [3.63, 3.8) is 0 Å². The molecule has 0 radical (unpaired) electrons. The van der Waals surface area contributed by atoms with Gasteiger partial charge in [-0.25, -0.2) is 13.1 Å². The summed E-state index contributed by atoms with van der Waals surface area (Å²) in [4.78, 5) is 2.56. The summed E-state index contributed by atoms with van der Waals surface area (Å²) >= 11 is 0. The van der Waals surface area contributed by atoms with Crippen molar-refractivity contribution in [3.05, 3.63) is 66.2 Å². The van der Waals surface area contributed by atoms with Gasteiger partial charge in [0.25, 0.3) is 0 Å². The van der Waals surface area contributed by atoms with E-state index in [0.717, 1.165) is 19.6 Å². The van der Waals surface area contributed by atoms with Crippen LogP contribution in [-0.4, -0.2) is 32.4 Å². The van der Waals surface area contributed by atoms with Crippen LogP contribution >= 0.6 is 0 Å². The van der Waals surface area contributed by atoms with Gasteiger partial charge in [0.15, 0.2) is 0 Å². The van der Waals surface area contributed by atoms with Crippen molar-refractivity contribution >= 4 is 10.0 Å². The van der Waals surface area contributed by atoms with Crippen molar-refractivity contribution in [2.75, 3.05) is 13.1 Å². The topological polar surface area (TPSA) is 49.4 Å². The number of nitrogens with zero attached hydrogens (tertiary/aromatic N) is 1. The predicted octanol–water partition coefficient (Wildman–Crippen LogP) is 1.85. The minimum absolute atomic E-state index is 0.00100. The Hall–Kier alpha value is -1.69. The van der Waals surface area contributed by atoms with E-state index in [9.17, 15) is 8.42 Å². The second-order valence-electron chi connectivity index (χ2n) is 5.31. The van der Waals surface area contributed by atoms with E-state index in [-0.39, 0.29) is 6.04 Å². The highest BCUT2D eigenvalue weighted by Crippen LogP contribution is 2.16. The van der Waals surface area contributed by atoms with Gasteiger partial charge >= 0.3 is 0 Å². The molecule has 0 unspecified atom stereocenters. The van der Waals surface area contributed by atoms with Crippen LogP contribution in [0, 0.1) is 0 Å². The van der Waals surface area contributed by atoms with Crippen LogP contribution in [0.15, 0.2) is 65.6 Å². The van der Waals surface area contributed by atoms with Gasteiger partial charge in [0.1, 0.15) is 0 Å². The first-order valence-electron chi connectivity index (χ1n) is 6.97. The Kier molecular flexibility index (Phi) is 4.05. The van der Waals surface area contributed by atoms with E-state index in [1.807, 2.05) is 24.3 Å².